The van der Waals surface area contributed by atoms with Gasteiger partial charge < -0.3 is 10.5 Å². The molecule has 1 aliphatic rings. The van der Waals surface area contributed by atoms with Crippen LogP contribution in [0.1, 0.15) is 43.9 Å². The van der Waals surface area contributed by atoms with Gasteiger partial charge in [-0.15, -0.1) is 0 Å². The van der Waals surface area contributed by atoms with E-state index in [1.807, 2.05) is 18.2 Å². The Morgan fingerprint density at radius 3 is 2.76 bits per heavy atom. The molecule has 1 unspecified atom stereocenters. The first-order valence-corrected chi connectivity index (χ1v) is 6.62. The molecule has 1 atom stereocenters. The van der Waals surface area contributed by atoms with Crippen LogP contribution in [0.15, 0.2) is 24.4 Å². The molecule has 0 aromatic carbocycles. The second kappa shape index (κ2) is 6.72. The van der Waals surface area contributed by atoms with Gasteiger partial charge in [0.2, 0.25) is 0 Å². The van der Waals surface area contributed by atoms with Gasteiger partial charge in [0.05, 0.1) is 12.3 Å². The Bertz CT molecular complexity index is 309. The third kappa shape index (κ3) is 3.79. The largest absolute Gasteiger partial charge is 0.370 e. The molecule has 1 heterocycles. The molecule has 0 radical (unpaired) electrons. The highest BCUT2D eigenvalue weighted by Crippen LogP contribution is 2.25. The van der Waals surface area contributed by atoms with E-state index in [0.717, 1.165) is 18.2 Å². The maximum atomic E-state index is 5.93. The van der Waals surface area contributed by atoms with E-state index in [2.05, 4.69) is 4.98 Å². The molecule has 3 nitrogen and oxygen atoms in total. The summed E-state index contributed by atoms with van der Waals surface area (Å²) >= 11 is 0. The van der Waals surface area contributed by atoms with Crippen LogP contribution in [-0.4, -0.2) is 18.1 Å². The van der Waals surface area contributed by atoms with E-state index in [0.29, 0.717) is 6.54 Å². The molecule has 1 aromatic heterocycles. The molecule has 1 saturated carbocycles. The number of pyridine rings is 1. The Balaban J connectivity index is 1.83. The minimum Gasteiger partial charge on any atom is -0.370 e. The van der Waals surface area contributed by atoms with Gasteiger partial charge in [-0.1, -0.05) is 25.3 Å². The summed E-state index contributed by atoms with van der Waals surface area (Å²) in [6.07, 6.45) is 8.45. The number of hydrogen-bond acceptors (Lipinski definition) is 3. The lowest BCUT2D eigenvalue weighted by Crippen LogP contribution is -2.21. The van der Waals surface area contributed by atoms with E-state index in [1.165, 1.54) is 32.1 Å². The second-order valence-corrected chi connectivity index (χ2v) is 4.82. The Kier molecular flexibility index (Phi) is 4.95. The molecule has 2 rings (SSSR count). The highest BCUT2D eigenvalue weighted by atomic mass is 16.5. The first-order chi connectivity index (χ1) is 8.40. The highest BCUT2D eigenvalue weighted by molar-refractivity contribution is 5.07. The van der Waals surface area contributed by atoms with Gasteiger partial charge in [-0.25, -0.2) is 0 Å². The molecule has 0 bridgehead atoms. The monoisotopic (exact) mass is 234 g/mol. The predicted molar refractivity (Wildman–Crippen MR) is 68.6 cm³/mol. The van der Waals surface area contributed by atoms with Crippen molar-refractivity contribution in [2.75, 3.05) is 13.2 Å². The molecule has 0 saturated heterocycles. The van der Waals surface area contributed by atoms with E-state index < -0.39 is 0 Å². The van der Waals surface area contributed by atoms with Crippen molar-refractivity contribution in [3.05, 3.63) is 30.1 Å². The third-order valence-corrected chi connectivity index (χ3v) is 3.49. The van der Waals surface area contributed by atoms with Crippen LogP contribution in [0.25, 0.3) is 0 Å². The van der Waals surface area contributed by atoms with Crippen LogP contribution >= 0.6 is 0 Å². The SMILES string of the molecule is NCC(OCC1CCCCC1)c1ccccn1. The minimum atomic E-state index is -0.0434. The fraction of sp³-hybridized carbons (Fsp3) is 0.643. The molecular weight excluding hydrogens is 212 g/mol. The molecule has 94 valence electrons. The van der Waals surface area contributed by atoms with Crippen LogP contribution < -0.4 is 5.73 Å². The van der Waals surface area contributed by atoms with E-state index in [-0.39, 0.29) is 6.10 Å². The average molecular weight is 234 g/mol. The molecule has 0 aliphatic heterocycles. The van der Waals surface area contributed by atoms with Gasteiger partial charge in [-0.05, 0) is 30.9 Å². The molecule has 2 N–H and O–H groups in total. The highest BCUT2D eigenvalue weighted by Gasteiger charge is 2.17. The third-order valence-electron chi connectivity index (χ3n) is 3.49. The van der Waals surface area contributed by atoms with Crippen LogP contribution in [0.2, 0.25) is 0 Å². The molecule has 1 aliphatic carbocycles. The van der Waals surface area contributed by atoms with Crippen LogP contribution in [0, 0.1) is 5.92 Å². The zero-order valence-corrected chi connectivity index (χ0v) is 10.3. The summed E-state index contributed by atoms with van der Waals surface area (Å²) in [5.74, 6) is 0.724. The molecule has 17 heavy (non-hydrogen) atoms. The zero-order valence-electron chi connectivity index (χ0n) is 10.3. The van der Waals surface area contributed by atoms with Crippen molar-refractivity contribution < 1.29 is 4.74 Å². The summed E-state index contributed by atoms with van der Waals surface area (Å²) in [4.78, 5) is 4.31. The van der Waals surface area contributed by atoms with Gasteiger partial charge >= 0.3 is 0 Å². The van der Waals surface area contributed by atoms with Crippen molar-refractivity contribution in [1.29, 1.82) is 0 Å². The van der Waals surface area contributed by atoms with E-state index in [1.54, 1.807) is 6.20 Å². The van der Waals surface area contributed by atoms with Gasteiger partial charge in [0.25, 0.3) is 0 Å². The van der Waals surface area contributed by atoms with Gasteiger partial charge in [0.1, 0.15) is 6.10 Å². The van der Waals surface area contributed by atoms with E-state index >= 15 is 0 Å². The van der Waals surface area contributed by atoms with Gasteiger partial charge in [0, 0.05) is 12.7 Å². The van der Waals surface area contributed by atoms with Crippen LogP contribution in [0.5, 0.6) is 0 Å². The lowest BCUT2D eigenvalue weighted by Gasteiger charge is -2.24. The summed E-state index contributed by atoms with van der Waals surface area (Å²) < 4.78 is 5.93. The fourth-order valence-electron chi connectivity index (χ4n) is 2.45. The summed E-state index contributed by atoms with van der Waals surface area (Å²) in [7, 11) is 0. The first-order valence-electron chi connectivity index (χ1n) is 6.62. The Morgan fingerprint density at radius 1 is 1.29 bits per heavy atom. The smallest absolute Gasteiger partial charge is 0.112 e. The topological polar surface area (TPSA) is 48.1 Å². The first kappa shape index (κ1) is 12.5. The molecular formula is C14H22N2O. The molecule has 1 fully saturated rings. The Labute approximate surface area is 103 Å². The lowest BCUT2D eigenvalue weighted by molar-refractivity contribution is 0.0224. The summed E-state index contributed by atoms with van der Waals surface area (Å²) in [6, 6.07) is 5.88. The van der Waals surface area contributed by atoms with Gasteiger partial charge in [0.15, 0.2) is 0 Å². The van der Waals surface area contributed by atoms with Crippen molar-refractivity contribution in [3.63, 3.8) is 0 Å². The lowest BCUT2D eigenvalue weighted by atomic mass is 9.90. The van der Waals surface area contributed by atoms with E-state index in [4.69, 9.17) is 10.5 Å². The van der Waals surface area contributed by atoms with Crippen molar-refractivity contribution in [3.8, 4) is 0 Å². The number of nitrogens with zero attached hydrogens (tertiary/aromatic N) is 1. The summed E-state index contributed by atoms with van der Waals surface area (Å²) in [5.41, 5.74) is 6.71. The summed E-state index contributed by atoms with van der Waals surface area (Å²) in [5, 5.41) is 0. The predicted octanol–water partition coefficient (Wildman–Crippen LogP) is 2.68. The van der Waals surface area contributed by atoms with Crippen molar-refractivity contribution >= 4 is 0 Å². The molecule has 0 amide bonds. The summed E-state index contributed by atoms with van der Waals surface area (Å²) in [6.45, 7) is 1.34. The zero-order chi connectivity index (χ0) is 11.9. The second-order valence-electron chi connectivity index (χ2n) is 4.82. The number of aromatic nitrogens is 1. The van der Waals surface area contributed by atoms with Crippen molar-refractivity contribution in [2.45, 2.75) is 38.2 Å². The maximum absolute atomic E-state index is 5.93. The standard InChI is InChI=1S/C14H22N2O/c15-10-14(13-8-4-5-9-16-13)17-11-12-6-2-1-3-7-12/h4-5,8-9,12,14H,1-3,6-7,10-11,15H2. The number of ether oxygens (including phenoxy) is 1. The molecule has 1 aromatic rings. The Hall–Kier alpha value is -0.930. The molecule has 3 heteroatoms. The van der Waals surface area contributed by atoms with Gasteiger partial charge in [-0.2, -0.15) is 0 Å². The minimum absolute atomic E-state index is 0.0434. The average Bonchev–Trinajstić information content (AvgIpc) is 2.42. The van der Waals surface area contributed by atoms with Crippen LogP contribution in [0.3, 0.4) is 0 Å². The fourth-order valence-corrected chi connectivity index (χ4v) is 2.45. The van der Waals surface area contributed by atoms with Crippen LogP contribution in [-0.2, 0) is 4.74 Å². The van der Waals surface area contributed by atoms with Crippen molar-refractivity contribution in [1.82, 2.24) is 4.98 Å². The normalized spacial score (nSPS) is 19.1. The number of hydrogen-bond donors (Lipinski definition) is 1. The van der Waals surface area contributed by atoms with Crippen LogP contribution in [0.4, 0.5) is 0 Å². The molecule has 0 spiro atoms. The van der Waals surface area contributed by atoms with Crippen molar-refractivity contribution in [2.24, 2.45) is 11.7 Å². The Morgan fingerprint density at radius 2 is 2.12 bits per heavy atom. The van der Waals surface area contributed by atoms with Gasteiger partial charge in [-0.3, -0.25) is 4.98 Å². The van der Waals surface area contributed by atoms with E-state index in [9.17, 15) is 0 Å². The maximum Gasteiger partial charge on any atom is 0.112 e. The quantitative estimate of drug-likeness (QED) is 0.852. The number of nitrogens with two attached hydrogens (primary N) is 1. The number of rotatable bonds is 5.